The zero-order valence-electron chi connectivity index (χ0n) is 8.12. The summed E-state index contributed by atoms with van der Waals surface area (Å²) in [5.41, 5.74) is 0. The first-order valence-electron chi connectivity index (χ1n) is 3.33. The van der Waals surface area contributed by atoms with Gasteiger partial charge in [0.25, 0.3) is 0 Å². The Hall–Kier alpha value is -0.450. The van der Waals surface area contributed by atoms with Crippen molar-refractivity contribution in [1.29, 1.82) is 0 Å². The summed E-state index contributed by atoms with van der Waals surface area (Å²) in [6.45, 7) is 0. The number of hydrogen-bond donors (Lipinski definition) is 0. The third kappa shape index (κ3) is 5.87. The zero-order valence-corrected chi connectivity index (χ0v) is 10.6. The lowest BCUT2D eigenvalue weighted by atomic mass is 11.5. The number of carbonyl (C=O) groups is 2. The summed E-state index contributed by atoms with van der Waals surface area (Å²) in [5, 5.41) is -1.70. The molecule has 10 heteroatoms. The first kappa shape index (κ1) is 14.6. The number of rotatable bonds is 3. The van der Waals surface area contributed by atoms with E-state index in [9.17, 15) is 18.0 Å². The first-order chi connectivity index (χ1) is 6.81. The van der Waals surface area contributed by atoms with Crippen molar-refractivity contribution in [2.75, 3.05) is 20.5 Å². The molecule has 0 N–H and O–H groups in total. The molecule has 0 unspecified atom stereocenters. The van der Waals surface area contributed by atoms with Crippen molar-refractivity contribution in [3.8, 4) is 0 Å². The standard InChI is InChI=1S/C5H9NO6S3/c1-11-4(7)13-6(15(3,9)10)14-5(8)12-2/h1-3H3. The van der Waals surface area contributed by atoms with Gasteiger partial charge < -0.3 is 9.47 Å². The van der Waals surface area contributed by atoms with E-state index in [2.05, 4.69) is 9.47 Å². The summed E-state index contributed by atoms with van der Waals surface area (Å²) in [7, 11) is -1.53. The first-order valence-corrected chi connectivity index (χ1v) is 6.73. The van der Waals surface area contributed by atoms with Gasteiger partial charge in [-0.1, -0.05) is 3.12 Å². The van der Waals surface area contributed by atoms with Crippen LogP contribution in [0.25, 0.3) is 0 Å². The monoisotopic (exact) mass is 275 g/mol. The van der Waals surface area contributed by atoms with Gasteiger partial charge in [0.05, 0.1) is 44.4 Å². The highest BCUT2D eigenvalue weighted by molar-refractivity contribution is 8.32. The van der Waals surface area contributed by atoms with E-state index in [0.29, 0.717) is 3.12 Å². The molecule has 0 heterocycles. The number of ether oxygens (including phenoxy) is 2. The summed E-state index contributed by atoms with van der Waals surface area (Å²) < 4.78 is 31.2. The predicted molar refractivity (Wildman–Crippen MR) is 56.7 cm³/mol. The van der Waals surface area contributed by atoms with Crippen LogP contribution < -0.4 is 0 Å². The van der Waals surface area contributed by atoms with Gasteiger partial charge in [-0.25, -0.2) is 18.0 Å². The van der Waals surface area contributed by atoms with Gasteiger partial charge in [-0.05, 0) is 0 Å². The molecule has 0 spiro atoms. The minimum absolute atomic E-state index is 0.242. The van der Waals surface area contributed by atoms with Crippen molar-refractivity contribution >= 4 is 44.5 Å². The van der Waals surface area contributed by atoms with E-state index in [1.165, 1.54) is 0 Å². The van der Waals surface area contributed by atoms with E-state index in [1.807, 2.05) is 0 Å². The molecule has 0 aliphatic rings. The number of methoxy groups -OCH3 is 2. The number of sulfonamides is 1. The quantitative estimate of drug-likeness (QED) is 0.558. The highest BCUT2D eigenvalue weighted by Gasteiger charge is 2.26. The average molecular weight is 275 g/mol. The third-order valence-corrected chi connectivity index (χ3v) is 4.89. The SMILES string of the molecule is COC(=O)SN(SC(=O)OC)S(C)(=O)=O. The maximum atomic E-state index is 11.1. The molecule has 0 aromatic carbocycles. The smallest absolute Gasteiger partial charge is 0.384 e. The molecule has 0 rings (SSSR count). The van der Waals surface area contributed by atoms with Crippen LogP contribution >= 0.6 is 23.9 Å². The van der Waals surface area contributed by atoms with E-state index in [0.717, 1.165) is 20.5 Å². The third-order valence-electron chi connectivity index (χ3n) is 0.902. The Kier molecular flexibility index (Phi) is 6.02. The molecule has 0 radical (unpaired) electrons. The molecule has 0 atom stereocenters. The largest absolute Gasteiger partial charge is 0.460 e. The van der Waals surface area contributed by atoms with Crippen LogP contribution in [0.3, 0.4) is 0 Å². The molecule has 0 saturated heterocycles. The number of hydrogen-bond acceptors (Lipinski definition) is 8. The van der Waals surface area contributed by atoms with Crippen molar-refractivity contribution in [1.82, 2.24) is 3.12 Å². The Morgan fingerprint density at radius 2 is 1.40 bits per heavy atom. The molecule has 88 valence electrons. The second kappa shape index (κ2) is 6.20. The summed E-state index contributed by atoms with van der Waals surface area (Å²) in [6, 6.07) is 0. The fraction of sp³-hybridized carbons (Fsp3) is 0.600. The van der Waals surface area contributed by atoms with Crippen LogP contribution in [0, 0.1) is 0 Å². The van der Waals surface area contributed by atoms with Crippen LogP contribution in [-0.4, -0.2) is 42.6 Å². The fourth-order valence-electron chi connectivity index (χ4n) is 0.350. The Bertz CT molecular complexity index is 321. The fourth-order valence-corrected chi connectivity index (χ4v) is 2.71. The second-order valence-electron chi connectivity index (χ2n) is 2.05. The number of carbonyl (C=O) groups excluding carboxylic acids is 2. The normalized spacial score (nSPS) is 11.2. The van der Waals surface area contributed by atoms with Gasteiger partial charge in [0.2, 0.25) is 10.0 Å². The van der Waals surface area contributed by atoms with E-state index < -0.39 is 20.6 Å². The Labute approximate surface area is 95.8 Å². The molecule has 0 saturated carbocycles. The van der Waals surface area contributed by atoms with Crippen LogP contribution in [0.1, 0.15) is 0 Å². The van der Waals surface area contributed by atoms with Crippen LogP contribution in [0.4, 0.5) is 9.59 Å². The topological polar surface area (TPSA) is 90.0 Å². The Morgan fingerprint density at radius 1 is 1.07 bits per heavy atom. The Morgan fingerprint density at radius 3 is 1.60 bits per heavy atom. The van der Waals surface area contributed by atoms with Gasteiger partial charge in [0, 0.05) is 0 Å². The van der Waals surface area contributed by atoms with E-state index in [4.69, 9.17) is 0 Å². The highest BCUT2D eigenvalue weighted by Crippen LogP contribution is 2.27. The van der Waals surface area contributed by atoms with Gasteiger partial charge in [0.15, 0.2) is 0 Å². The highest BCUT2D eigenvalue weighted by atomic mass is 32.3. The Balaban J connectivity index is 4.61. The predicted octanol–water partition coefficient (Wildman–Crippen LogP) is 1.08. The van der Waals surface area contributed by atoms with Crippen LogP contribution in [0.5, 0.6) is 0 Å². The van der Waals surface area contributed by atoms with Gasteiger partial charge in [0.1, 0.15) is 0 Å². The van der Waals surface area contributed by atoms with Gasteiger partial charge in [-0.2, -0.15) is 0 Å². The molecule has 0 bridgehead atoms. The molecule has 0 aliphatic heterocycles. The van der Waals surface area contributed by atoms with E-state index in [1.54, 1.807) is 0 Å². The van der Waals surface area contributed by atoms with Crippen molar-refractivity contribution < 1.29 is 27.5 Å². The molecular formula is C5H9NO6S3. The summed E-state index contributed by atoms with van der Waals surface area (Å²) in [5.74, 6) is 0. The van der Waals surface area contributed by atoms with E-state index >= 15 is 0 Å². The number of nitrogens with zero attached hydrogens (tertiary/aromatic N) is 1. The maximum Gasteiger partial charge on any atom is 0.384 e. The lowest BCUT2D eigenvalue weighted by Crippen LogP contribution is -2.20. The van der Waals surface area contributed by atoms with Crippen molar-refractivity contribution in [3.63, 3.8) is 0 Å². The minimum atomic E-state index is -3.72. The minimum Gasteiger partial charge on any atom is -0.460 e. The van der Waals surface area contributed by atoms with Crippen molar-refractivity contribution in [3.05, 3.63) is 0 Å². The molecule has 0 aromatic heterocycles. The molecule has 15 heavy (non-hydrogen) atoms. The van der Waals surface area contributed by atoms with E-state index in [-0.39, 0.29) is 23.9 Å². The lowest BCUT2D eigenvalue weighted by Gasteiger charge is -2.13. The van der Waals surface area contributed by atoms with Crippen LogP contribution in [-0.2, 0) is 19.5 Å². The molecule has 0 aliphatic carbocycles. The molecule has 0 amide bonds. The molecular weight excluding hydrogens is 266 g/mol. The second-order valence-corrected chi connectivity index (χ2v) is 6.33. The molecule has 7 nitrogen and oxygen atoms in total. The lowest BCUT2D eigenvalue weighted by molar-refractivity contribution is 0.200. The van der Waals surface area contributed by atoms with Crippen molar-refractivity contribution in [2.24, 2.45) is 0 Å². The molecule has 0 fully saturated rings. The zero-order chi connectivity index (χ0) is 12.1. The van der Waals surface area contributed by atoms with Gasteiger partial charge >= 0.3 is 10.6 Å². The summed E-state index contributed by atoms with van der Waals surface area (Å²) >= 11 is 0.483. The van der Waals surface area contributed by atoms with Crippen LogP contribution in [0.15, 0.2) is 0 Å². The van der Waals surface area contributed by atoms with Gasteiger partial charge in [-0.3, -0.25) is 0 Å². The maximum absolute atomic E-state index is 11.1. The summed E-state index contributed by atoms with van der Waals surface area (Å²) in [4.78, 5) is 21.6. The van der Waals surface area contributed by atoms with Crippen molar-refractivity contribution in [2.45, 2.75) is 0 Å². The average Bonchev–Trinajstić information content (AvgIpc) is 2.14. The van der Waals surface area contributed by atoms with Crippen LogP contribution in [0.2, 0.25) is 0 Å². The van der Waals surface area contributed by atoms with Gasteiger partial charge in [-0.15, -0.1) is 0 Å². The summed E-state index contributed by atoms with van der Waals surface area (Å²) in [6.07, 6.45) is 0.846. The molecule has 0 aromatic rings.